The molecule has 0 radical (unpaired) electrons. The smallest absolute Gasteiger partial charge is 0.303 e. The molecule has 0 heterocycles. The van der Waals surface area contributed by atoms with Crippen LogP contribution in [0.2, 0.25) is 0 Å². The fourth-order valence-electron chi connectivity index (χ4n) is 2.98. The summed E-state index contributed by atoms with van der Waals surface area (Å²) in [5, 5.41) is 0. The summed E-state index contributed by atoms with van der Waals surface area (Å²) in [7, 11) is -4.50. The molecule has 0 aliphatic heterocycles. The Morgan fingerprint density at radius 3 is 2.28 bits per heavy atom. The van der Waals surface area contributed by atoms with E-state index in [0.29, 0.717) is 12.8 Å². The van der Waals surface area contributed by atoms with Gasteiger partial charge < -0.3 is 5.73 Å². The van der Waals surface area contributed by atoms with Gasteiger partial charge in [0.1, 0.15) is 0 Å². The monoisotopic (exact) mass is 271 g/mol. The Morgan fingerprint density at radius 2 is 1.78 bits per heavy atom. The average molecular weight is 271 g/mol. The molecule has 18 heavy (non-hydrogen) atoms. The van der Waals surface area contributed by atoms with Crippen LogP contribution in [0, 0.1) is 5.41 Å². The summed E-state index contributed by atoms with van der Waals surface area (Å²) in [5.74, 6) is -0.462. The second-order valence-corrected chi connectivity index (χ2v) is 6.51. The average Bonchev–Trinajstić information content (AvgIpc) is 2.76. The maximum absolute atomic E-state index is 13.1. The molecule has 1 aliphatic carbocycles. The summed E-state index contributed by atoms with van der Waals surface area (Å²) in [6.07, 6.45) is 3.17. The van der Waals surface area contributed by atoms with Crippen molar-refractivity contribution in [1.82, 2.24) is 0 Å². The fourth-order valence-corrected chi connectivity index (χ4v) is 4.14. The third-order valence-corrected chi connectivity index (χ3v) is 4.80. The highest BCUT2D eigenvalue weighted by Crippen LogP contribution is 2.47. The zero-order chi connectivity index (χ0) is 13.2. The van der Waals surface area contributed by atoms with Crippen molar-refractivity contribution in [2.45, 2.75) is 31.7 Å². The largest absolute Gasteiger partial charge is 0.323 e. The molecule has 2 N–H and O–H groups in total. The van der Waals surface area contributed by atoms with Crippen molar-refractivity contribution >= 4 is 10.2 Å². The van der Waals surface area contributed by atoms with Gasteiger partial charge in [-0.1, -0.05) is 43.2 Å². The predicted octanol–water partition coefficient (Wildman–Crippen LogP) is 2.55. The van der Waals surface area contributed by atoms with Gasteiger partial charge in [0.15, 0.2) is 0 Å². The van der Waals surface area contributed by atoms with Crippen LogP contribution in [0.5, 0.6) is 0 Å². The molecule has 0 aromatic heterocycles. The quantitative estimate of drug-likeness (QED) is 0.856. The van der Waals surface area contributed by atoms with Crippen molar-refractivity contribution in [3.8, 4) is 0 Å². The summed E-state index contributed by atoms with van der Waals surface area (Å²) in [4.78, 5) is 0. The maximum atomic E-state index is 13.1. The lowest BCUT2D eigenvalue weighted by molar-refractivity contribution is 0.265. The summed E-state index contributed by atoms with van der Waals surface area (Å²) >= 11 is 0. The van der Waals surface area contributed by atoms with Gasteiger partial charge in [0.25, 0.3) is 0 Å². The van der Waals surface area contributed by atoms with E-state index in [-0.39, 0.29) is 0 Å². The second-order valence-electron chi connectivity index (χ2n) is 5.14. The minimum absolute atomic E-state index is 0.424. The van der Waals surface area contributed by atoms with Crippen LogP contribution >= 0.6 is 0 Å². The molecule has 5 heteroatoms. The van der Waals surface area contributed by atoms with Crippen LogP contribution in [0.3, 0.4) is 0 Å². The van der Waals surface area contributed by atoms with E-state index in [0.717, 1.165) is 18.4 Å². The van der Waals surface area contributed by atoms with Crippen LogP contribution in [0.4, 0.5) is 3.89 Å². The first-order chi connectivity index (χ1) is 8.43. The van der Waals surface area contributed by atoms with E-state index in [1.807, 2.05) is 30.3 Å². The Kier molecular flexibility index (Phi) is 3.73. The van der Waals surface area contributed by atoms with Gasteiger partial charge in [0, 0.05) is 11.5 Å². The summed E-state index contributed by atoms with van der Waals surface area (Å²) < 4.78 is 35.1. The highest BCUT2D eigenvalue weighted by atomic mass is 32.3. The Morgan fingerprint density at radius 1 is 1.22 bits per heavy atom. The highest BCUT2D eigenvalue weighted by Gasteiger charge is 2.43. The van der Waals surface area contributed by atoms with Gasteiger partial charge in [-0.25, -0.2) is 0 Å². The van der Waals surface area contributed by atoms with Crippen LogP contribution in [0.25, 0.3) is 0 Å². The van der Waals surface area contributed by atoms with Gasteiger partial charge in [-0.2, -0.15) is 8.42 Å². The number of hydrogen-bond acceptors (Lipinski definition) is 3. The standard InChI is InChI=1S/C13H18FNO2S/c14-18(16,17)10-13(8-4-5-9-13)12(15)11-6-2-1-3-7-11/h1-3,6-7,12H,4-5,8-10,15H2. The van der Waals surface area contributed by atoms with Gasteiger partial charge in [-0.15, -0.1) is 3.89 Å². The molecule has 1 aromatic carbocycles. The van der Waals surface area contributed by atoms with E-state index in [9.17, 15) is 12.3 Å². The Labute approximate surface area is 107 Å². The Balaban J connectivity index is 2.31. The summed E-state index contributed by atoms with van der Waals surface area (Å²) in [6.45, 7) is 0. The zero-order valence-corrected chi connectivity index (χ0v) is 11.0. The molecular weight excluding hydrogens is 253 g/mol. The molecule has 0 amide bonds. The van der Waals surface area contributed by atoms with Crippen molar-refractivity contribution < 1.29 is 12.3 Å². The lowest BCUT2D eigenvalue weighted by Gasteiger charge is -2.34. The second kappa shape index (κ2) is 4.97. The van der Waals surface area contributed by atoms with Gasteiger partial charge in [0.2, 0.25) is 0 Å². The fraction of sp³-hybridized carbons (Fsp3) is 0.538. The molecule has 100 valence electrons. The molecule has 0 spiro atoms. The van der Waals surface area contributed by atoms with E-state index in [2.05, 4.69) is 0 Å². The molecule has 1 saturated carbocycles. The minimum atomic E-state index is -4.50. The van der Waals surface area contributed by atoms with Crippen molar-refractivity contribution in [1.29, 1.82) is 0 Å². The topological polar surface area (TPSA) is 60.2 Å². The third-order valence-electron chi connectivity index (χ3n) is 3.88. The van der Waals surface area contributed by atoms with Crippen molar-refractivity contribution in [2.24, 2.45) is 11.1 Å². The zero-order valence-electron chi connectivity index (χ0n) is 10.2. The van der Waals surface area contributed by atoms with E-state index in [4.69, 9.17) is 5.73 Å². The van der Waals surface area contributed by atoms with Crippen LogP contribution in [0.1, 0.15) is 37.3 Å². The molecule has 1 aromatic rings. The van der Waals surface area contributed by atoms with Crippen LogP contribution < -0.4 is 5.73 Å². The van der Waals surface area contributed by atoms with Crippen LogP contribution in [-0.4, -0.2) is 14.2 Å². The van der Waals surface area contributed by atoms with Crippen molar-refractivity contribution in [3.05, 3.63) is 35.9 Å². The molecule has 2 rings (SSSR count). The minimum Gasteiger partial charge on any atom is -0.323 e. The van der Waals surface area contributed by atoms with E-state index < -0.39 is 27.4 Å². The molecule has 1 atom stereocenters. The summed E-state index contributed by atoms with van der Waals surface area (Å²) in [5.41, 5.74) is 6.45. The van der Waals surface area contributed by atoms with Gasteiger partial charge in [0.05, 0.1) is 5.75 Å². The first kappa shape index (κ1) is 13.5. The first-order valence-corrected chi connectivity index (χ1v) is 7.71. The molecule has 3 nitrogen and oxygen atoms in total. The lowest BCUT2D eigenvalue weighted by Crippen LogP contribution is -2.37. The number of nitrogens with two attached hydrogens (primary N) is 1. The van der Waals surface area contributed by atoms with Gasteiger partial charge >= 0.3 is 10.2 Å². The maximum Gasteiger partial charge on any atom is 0.303 e. The molecular formula is C13H18FNO2S. The molecule has 0 bridgehead atoms. The van der Waals surface area contributed by atoms with Crippen LogP contribution in [0.15, 0.2) is 30.3 Å². The molecule has 1 unspecified atom stereocenters. The lowest BCUT2D eigenvalue weighted by atomic mass is 9.77. The normalized spacial score (nSPS) is 20.8. The SMILES string of the molecule is NC(c1ccccc1)C1(CS(=O)(=O)F)CCCC1. The van der Waals surface area contributed by atoms with Gasteiger partial charge in [-0.05, 0) is 18.4 Å². The predicted molar refractivity (Wildman–Crippen MR) is 69.2 cm³/mol. The number of benzene rings is 1. The number of hydrogen-bond donors (Lipinski definition) is 1. The Hall–Kier alpha value is -0.940. The Bertz CT molecular complexity index is 495. The van der Waals surface area contributed by atoms with E-state index >= 15 is 0 Å². The first-order valence-electron chi connectivity index (χ1n) is 6.16. The van der Waals surface area contributed by atoms with Crippen molar-refractivity contribution in [2.75, 3.05) is 5.75 Å². The molecule has 0 saturated heterocycles. The van der Waals surface area contributed by atoms with Crippen molar-refractivity contribution in [3.63, 3.8) is 0 Å². The third kappa shape index (κ3) is 2.90. The van der Waals surface area contributed by atoms with E-state index in [1.54, 1.807) is 0 Å². The highest BCUT2D eigenvalue weighted by molar-refractivity contribution is 7.86. The number of halogens is 1. The van der Waals surface area contributed by atoms with Crippen LogP contribution in [-0.2, 0) is 10.2 Å². The summed E-state index contributed by atoms with van der Waals surface area (Å²) in [6, 6.07) is 8.92. The molecule has 1 aliphatic rings. The van der Waals surface area contributed by atoms with E-state index in [1.165, 1.54) is 0 Å². The van der Waals surface area contributed by atoms with Gasteiger partial charge in [-0.3, -0.25) is 0 Å². The number of rotatable bonds is 4. The molecule has 1 fully saturated rings.